The largest absolute Gasteiger partial charge is 0.449 e. The second-order valence-electron chi connectivity index (χ2n) is 10.2. The molecule has 0 aliphatic carbocycles. The summed E-state index contributed by atoms with van der Waals surface area (Å²) in [6.07, 6.45) is 0.657. The summed E-state index contributed by atoms with van der Waals surface area (Å²) >= 11 is 0. The van der Waals surface area contributed by atoms with E-state index in [4.69, 9.17) is 18.5 Å². The van der Waals surface area contributed by atoms with Crippen LogP contribution in [0.15, 0.2) is 24.3 Å². The zero-order valence-corrected chi connectivity index (χ0v) is 24.9. The summed E-state index contributed by atoms with van der Waals surface area (Å²) in [5.74, 6) is -0.287. The fourth-order valence-electron chi connectivity index (χ4n) is 3.99. The van der Waals surface area contributed by atoms with Crippen molar-refractivity contribution in [2.75, 3.05) is 39.5 Å². The molecule has 39 heavy (non-hydrogen) atoms. The number of benzene rings is 1. The smallest absolute Gasteiger partial charge is 0.409 e. The molecule has 1 aliphatic rings. The zero-order valence-electron chi connectivity index (χ0n) is 24.0. The van der Waals surface area contributed by atoms with Crippen molar-refractivity contribution in [2.45, 2.75) is 78.5 Å². The van der Waals surface area contributed by atoms with Crippen LogP contribution in [0.5, 0.6) is 0 Å². The summed E-state index contributed by atoms with van der Waals surface area (Å²) in [6, 6.07) is 5.09. The number of carbonyl (C=O) groups is 3. The molecule has 1 heterocycles. The Balaban J connectivity index is 2.21. The van der Waals surface area contributed by atoms with Crippen LogP contribution in [0.4, 0.5) is 9.59 Å². The molecule has 2 amide bonds. The molecule has 0 saturated carbocycles. The lowest BCUT2D eigenvalue weighted by Crippen LogP contribution is -2.60. The summed E-state index contributed by atoms with van der Waals surface area (Å²) < 4.78 is 34.6. The van der Waals surface area contributed by atoms with E-state index in [1.54, 1.807) is 58.9 Å². The van der Waals surface area contributed by atoms with E-state index < -0.39 is 37.5 Å². The molecule has 2 rings (SSSR count). The van der Waals surface area contributed by atoms with E-state index in [9.17, 15) is 18.9 Å². The third kappa shape index (κ3) is 10.6. The van der Waals surface area contributed by atoms with Crippen LogP contribution in [-0.2, 0) is 34.3 Å². The van der Waals surface area contributed by atoms with Gasteiger partial charge in [0.25, 0.3) is 0 Å². The van der Waals surface area contributed by atoms with Gasteiger partial charge in [0.1, 0.15) is 5.60 Å². The van der Waals surface area contributed by atoms with Crippen molar-refractivity contribution in [2.24, 2.45) is 0 Å². The predicted molar refractivity (Wildman–Crippen MR) is 148 cm³/mol. The molecule has 0 spiro atoms. The molecule has 11 nitrogen and oxygen atoms in total. The SMILES string of the molecule is CCCCOC(=O)N1CCNC(C(=O)C(Cc2ccc(P(=O)(OCC)OCC)cc2)NC(=O)OC(C)(C)C)C1. The van der Waals surface area contributed by atoms with Gasteiger partial charge in [-0.2, -0.15) is 0 Å². The fourth-order valence-corrected chi connectivity index (χ4v) is 5.56. The first-order chi connectivity index (χ1) is 18.4. The average molecular weight is 570 g/mol. The highest BCUT2D eigenvalue weighted by molar-refractivity contribution is 7.62. The number of hydrogen-bond acceptors (Lipinski definition) is 9. The van der Waals surface area contributed by atoms with Gasteiger partial charge >= 0.3 is 19.8 Å². The van der Waals surface area contributed by atoms with Gasteiger partial charge in [0.2, 0.25) is 0 Å². The number of alkyl carbamates (subject to hydrolysis) is 1. The van der Waals surface area contributed by atoms with Crippen LogP contribution in [0.2, 0.25) is 0 Å². The summed E-state index contributed by atoms with van der Waals surface area (Å²) in [6.45, 7) is 12.4. The minimum atomic E-state index is -3.46. The molecular formula is C27H44N3O8P. The fraction of sp³-hybridized carbons (Fsp3) is 0.667. The third-order valence-corrected chi connectivity index (χ3v) is 7.95. The average Bonchev–Trinajstić information content (AvgIpc) is 2.87. The number of amides is 2. The molecule has 0 bridgehead atoms. The number of nitrogens with zero attached hydrogens (tertiary/aromatic N) is 1. The van der Waals surface area contributed by atoms with E-state index in [2.05, 4.69) is 10.6 Å². The van der Waals surface area contributed by atoms with Gasteiger partial charge in [0, 0.05) is 19.6 Å². The minimum absolute atomic E-state index is 0.126. The molecule has 12 heteroatoms. The molecule has 1 aliphatic heterocycles. The van der Waals surface area contributed by atoms with E-state index >= 15 is 0 Å². The zero-order chi connectivity index (χ0) is 29.1. The van der Waals surface area contributed by atoms with Crippen LogP contribution in [-0.4, -0.2) is 80.0 Å². The van der Waals surface area contributed by atoms with Gasteiger partial charge in [-0.15, -0.1) is 0 Å². The van der Waals surface area contributed by atoms with E-state index in [1.807, 2.05) is 6.92 Å². The van der Waals surface area contributed by atoms with Crippen LogP contribution in [0.3, 0.4) is 0 Å². The maximum absolute atomic E-state index is 13.6. The molecule has 0 radical (unpaired) electrons. The van der Waals surface area contributed by atoms with Crippen molar-refractivity contribution in [3.05, 3.63) is 29.8 Å². The number of ketones is 1. The Hall–Kier alpha value is -2.46. The van der Waals surface area contributed by atoms with Crippen LogP contribution in [0.1, 0.15) is 59.9 Å². The standard InChI is InChI=1S/C27H44N3O8P/c1-7-10-17-35-26(33)30-16-15-28-23(19-30)24(31)22(29-25(32)38-27(4,5)6)18-20-11-13-21(14-12-20)39(34,36-8-2)37-9-3/h11-14,22-23,28H,7-10,15-19H2,1-6H3,(H,29,32). The van der Waals surface area contributed by atoms with Gasteiger partial charge in [-0.1, -0.05) is 25.5 Å². The molecule has 1 aromatic carbocycles. The van der Waals surface area contributed by atoms with Crippen LogP contribution < -0.4 is 15.9 Å². The van der Waals surface area contributed by atoms with Crippen molar-refractivity contribution < 1.29 is 37.5 Å². The molecule has 2 N–H and O–H groups in total. The highest BCUT2D eigenvalue weighted by Gasteiger charge is 2.35. The predicted octanol–water partition coefficient (Wildman–Crippen LogP) is 3.79. The first kappa shape index (κ1) is 32.8. The molecular weight excluding hydrogens is 525 g/mol. The van der Waals surface area contributed by atoms with Crippen LogP contribution in [0.25, 0.3) is 0 Å². The number of unbranched alkanes of at least 4 members (excludes halogenated alkanes) is 1. The van der Waals surface area contributed by atoms with E-state index in [0.717, 1.165) is 18.4 Å². The van der Waals surface area contributed by atoms with Gasteiger partial charge in [0.15, 0.2) is 5.78 Å². The highest BCUT2D eigenvalue weighted by Crippen LogP contribution is 2.46. The van der Waals surface area contributed by atoms with Crippen molar-refractivity contribution >= 4 is 30.9 Å². The molecule has 1 saturated heterocycles. The van der Waals surface area contributed by atoms with Crippen molar-refractivity contribution in [3.63, 3.8) is 0 Å². The second kappa shape index (κ2) is 15.4. The summed E-state index contributed by atoms with van der Waals surface area (Å²) in [5.41, 5.74) is -0.0272. The van der Waals surface area contributed by atoms with Crippen molar-refractivity contribution in [1.82, 2.24) is 15.5 Å². The molecule has 220 valence electrons. The first-order valence-corrected chi connectivity index (χ1v) is 15.1. The van der Waals surface area contributed by atoms with Gasteiger partial charge in [-0.25, -0.2) is 9.59 Å². The third-order valence-electron chi connectivity index (χ3n) is 5.83. The lowest BCUT2D eigenvalue weighted by atomic mass is 9.96. The summed E-state index contributed by atoms with van der Waals surface area (Å²) in [5, 5.41) is 6.26. The number of Topliss-reactive ketones (excluding diaryl/α,β-unsaturated/α-hetero) is 1. The minimum Gasteiger partial charge on any atom is -0.449 e. The second-order valence-corrected chi connectivity index (χ2v) is 12.3. The number of carbonyl (C=O) groups excluding carboxylic acids is 3. The van der Waals surface area contributed by atoms with Gasteiger partial charge in [-0.05, 0) is 65.2 Å². The number of nitrogens with one attached hydrogen (secondary N) is 2. The summed E-state index contributed by atoms with van der Waals surface area (Å²) in [7, 11) is -3.46. The summed E-state index contributed by atoms with van der Waals surface area (Å²) in [4.78, 5) is 40.2. The Morgan fingerprint density at radius 2 is 1.74 bits per heavy atom. The lowest BCUT2D eigenvalue weighted by molar-refractivity contribution is -0.124. The monoisotopic (exact) mass is 569 g/mol. The molecule has 1 aromatic rings. The number of piperazine rings is 1. The van der Waals surface area contributed by atoms with E-state index in [1.165, 1.54) is 4.90 Å². The van der Waals surface area contributed by atoms with Gasteiger partial charge in [-0.3, -0.25) is 9.36 Å². The molecule has 2 unspecified atom stereocenters. The Bertz CT molecular complexity index is 986. The normalized spacial score (nSPS) is 16.9. The Morgan fingerprint density at radius 1 is 1.10 bits per heavy atom. The molecule has 0 aromatic heterocycles. The van der Waals surface area contributed by atoms with Crippen LogP contribution in [0, 0.1) is 0 Å². The van der Waals surface area contributed by atoms with Gasteiger partial charge < -0.3 is 34.1 Å². The number of hydrogen-bond donors (Lipinski definition) is 2. The van der Waals surface area contributed by atoms with Crippen molar-refractivity contribution in [3.8, 4) is 0 Å². The highest BCUT2D eigenvalue weighted by atomic mass is 31.2. The molecule has 2 atom stereocenters. The Kier molecular flexibility index (Phi) is 12.9. The topological polar surface area (TPSA) is 132 Å². The number of ether oxygens (including phenoxy) is 2. The van der Waals surface area contributed by atoms with Crippen molar-refractivity contribution in [1.29, 1.82) is 0 Å². The maximum atomic E-state index is 13.6. The van der Waals surface area contributed by atoms with E-state index in [0.29, 0.717) is 25.0 Å². The molecule has 1 fully saturated rings. The maximum Gasteiger partial charge on any atom is 0.409 e. The first-order valence-electron chi connectivity index (χ1n) is 13.6. The number of rotatable bonds is 13. The quantitative estimate of drug-likeness (QED) is 0.269. The lowest BCUT2D eigenvalue weighted by Gasteiger charge is -2.34. The Labute approximate surface area is 231 Å². The van der Waals surface area contributed by atoms with Crippen LogP contribution >= 0.6 is 7.60 Å². The van der Waals surface area contributed by atoms with E-state index in [-0.39, 0.29) is 32.0 Å². The Morgan fingerprint density at radius 3 is 2.31 bits per heavy atom. The van der Waals surface area contributed by atoms with Gasteiger partial charge in [0.05, 0.1) is 37.2 Å².